The molecule has 0 unspecified atom stereocenters. The van der Waals surface area contributed by atoms with Crippen LogP contribution in [0.3, 0.4) is 0 Å². The molecule has 3 rings (SSSR count). The van der Waals surface area contributed by atoms with Gasteiger partial charge in [-0.2, -0.15) is 0 Å². The predicted octanol–water partition coefficient (Wildman–Crippen LogP) is 3.73. The number of rotatable bonds is 5. The molecule has 25 heavy (non-hydrogen) atoms. The lowest BCUT2D eigenvalue weighted by molar-refractivity contribution is 0.0951. The van der Waals surface area contributed by atoms with Gasteiger partial charge in [-0.15, -0.1) is 0 Å². The molecule has 0 spiro atoms. The Morgan fingerprint density at radius 2 is 1.72 bits per heavy atom. The number of pyridine rings is 1. The second kappa shape index (κ2) is 7.85. The second-order valence-electron chi connectivity index (χ2n) is 5.69. The summed E-state index contributed by atoms with van der Waals surface area (Å²) < 4.78 is 0. The van der Waals surface area contributed by atoms with Crippen molar-refractivity contribution >= 4 is 17.5 Å². The van der Waals surface area contributed by atoms with E-state index >= 15 is 0 Å². The Hall–Kier alpha value is -2.79. The number of halogens is 1. The number of benzene rings is 1. The van der Waals surface area contributed by atoms with Crippen LogP contribution in [0.25, 0.3) is 11.4 Å². The van der Waals surface area contributed by atoms with Gasteiger partial charge in [0.2, 0.25) is 0 Å². The van der Waals surface area contributed by atoms with Gasteiger partial charge in [0.25, 0.3) is 5.91 Å². The van der Waals surface area contributed by atoms with Crippen LogP contribution in [0.2, 0.25) is 5.02 Å². The Labute approximate surface area is 151 Å². The van der Waals surface area contributed by atoms with Crippen LogP contribution in [0, 0.1) is 0 Å². The van der Waals surface area contributed by atoms with Gasteiger partial charge < -0.3 is 5.32 Å². The lowest BCUT2D eigenvalue weighted by Gasteiger charge is -2.13. The quantitative estimate of drug-likeness (QED) is 0.759. The average molecular weight is 353 g/mol. The first-order valence-corrected chi connectivity index (χ1v) is 8.27. The molecule has 2 heterocycles. The molecule has 0 bridgehead atoms. The van der Waals surface area contributed by atoms with E-state index in [-0.39, 0.29) is 11.8 Å². The maximum Gasteiger partial charge on any atom is 0.254 e. The Morgan fingerprint density at radius 1 is 1.08 bits per heavy atom. The van der Waals surface area contributed by atoms with Crippen molar-refractivity contribution in [3.05, 3.63) is 77.3 Å². The van der Waals surface area contributed by atoms with Crippen LogP contribution < -0.4 is 5.32 Å². The Kier molecular flexibility index (Phi) is 5.36. The van der Waals surface area contributed by atoms with E-state index in [1.165, 1.54) is 12.4 Å². The first-order chi connectivity index (χ1) is 12.1. The van der Waals surface area contributed by atoms with Crippen LogP contribution in [-0.4, -0.2) is 27.4 Å². The maximum atomic E-state index is 12.3. The molecule has 1 N–H and O–H groups in total. The van der Waals surface area contributed by atoms with Gasteiger partial charge in [-0.05, 0) is 35.7 Å². The van der Waals surface area contributed by atoms with Crippen LogP contribution in [0.15, 0.2) is 61.2 Å². The Bertz CT molecular complexity index is 836. The van der Waals surface area contributed by atoms with Crippen LogP contribution in [0.5, 0.6) is 0 Å². The number of hydrogen-bond acceptors (Lipinski definition) is 4. The summed E-state index contributed by atoms with van der Waals surface area (Å²) in [5.74, 6) is 0.550. The molecule has 5 nitrogen and oxygen atoms in total. The minimum Gasteiger partial charge on any atom is -0.351 e. The second-order valence-corrected chi connectivity index (χ2v) is 6.13. The van der Waals surface area contributed by atoms with E-state index < -0.39 is 0 Å². The minimum absolute atomic E-state index is 0.179. The van der Waals surface area contributed by atoms with Crippen molar-refractivity contribution in [3.63, 3.8) is 0 Å². The standard InChI is InChI=1S/C19H17ClN4O/c1-13(14-2-4-17(20)5-3-14)10-24-19(25)16-11-22-18(23-12-16)15-6-8-21-9-7-15/h2-9,11-13H,10H2,1H3,(H,24,25)/t13-/m1/s1. The van der Waals surface area contributed by atoms with Crippen LogP contribution in [-0.2, 0) is 0 Å². The van der Waals surface area contributed by atoms with E-state index in [9.17, 15) is 4.79 Å². The smallest absolute Gasteiger partial charge is 0.254 e. The lowest BCUT2D eigenvalue weighted by atomic mass is 10.0. The fourth-order valence-corrected chi connectivity index (χ4v) is 2.48. The van der Waals surface area contributed by atoms with Gasteiger partial charge in [0.05, 0.1) is 5.56 Å². The number of carbonyl (C=O) groups excluding carboxylic acids is 1. The molecule has 126 valence electrons. The first kappa shape index (κ1) is 17.0. The first-order valence-electron chi connectivity index (χ1n) is 7.89. The summed E-state index contributed by atoms with van der Waals surface area (Å²) in [6.07, 6.45) is 6.42. The van der Waals surface area contributed by atoms with Crippen molar-refractivity contribution in [2.45, 2.75) is 12.8 Å². The van der Waals surface area contributed by atoms with Crippen molar-refractivity contribution in [1.82, 2.24) is 20.3 Å². The molecule has 0 fully saturated rings. The van der Waals surface area contributed by atoms with Gasteiger partial charge in [-0.3, -0.25) is 9.78 Å². The number of amides is 1. The van der Waals surface area contributed by atoms with Gasteiger partial charge in [0.1, 0.15) is 0 Å². The topological polar surface area (TPSA) is 67.8 Å². The monoisotopic (exact) mass is 352 g/mol. The van der Waals surface area contributed by atoms with E-state index in [0.29, 0.717) is 23.0 Å². The molecule has 0 saturated carbocycles. The molecule has 0 aliphatic heterocycles. The third-order valence-corrected chi connectivity index (χ3v) is 4.11. The summed E-state index contributed by atoms with van der Waals surface area (Å²) in [7, 11) is 0. The summed E-state index contributed by atoms with van der Waals surface area (Å²) in [4.78, 5) is 24.7. The summed E-state index contributed by atoms with van der Waals surface area (Å²) in [6, 6.07) is 11.3. The zero-order valence-electron chi connectivity index (χ0n) is 13.7. The van der Waals surface area contributed by atoms with E-state index in [0.717, 1.165) is 11.1 Å². The summed E-state index contributed by atoms with van der Waals surface area (Å²) in [6.45, 7) is 2.57. The highest BCUT2D eigenvalue weighted by molar-refractivity contribution is 6.30. The zero-order valence-corrected chi connectivity index (χ0v) is 14.4. The molecule has 1 atom stereocenters. The molecule has 1 aromatic carbocycles. The molecule has 6 heteroatoms. The number of nitrogens with zero attached hydrogens (tertiary/aromatic N) is 3. The molecule has 0 radical (unpaired) electrons. The number of carbonyl (C=O) groups is 1. The Balaban J connectivity index is 1.60. The zero-order chi connectivity index (χ0) is 17.6. The number of aromatic nitrogens is 3. The van der Waals surface area contributed by atoms with E-state index in [2.05, 4.69) is 20.3 Å². The van der Waals surface area contributed by atoms with Crippen molar-refractivity contribution in [2.24, 2.45) is 0 Å². The van der Waals surface area contributed by atoms with Crippen molar-refractivity contribution < 1.29 is 4.79 Å². The molecule has 1 amide bonds. The van der Waals surface area contributed by atoms with Crippen molar-refractivity contribution in [1.29, 1.82) is 0 Å². The van der Waals surface area contributed by atoms with Crippen LogP contribution in [0.4, 0.5) is 0 Å². The largest absolute Gasteiger partial charge is 0.351 e. The van der Waals surface area contributed by atoms with Crippen molar-refractivity contribution in [3.8, 4) is 11.4 Å². The maximum absolute atomic E-state index is 12.3. The molecule has 0 saturated heterocycles. The molecular formula is C19H17ClN4O. The highest BCUT2D eigenvalue weighted by Crippen LogP contribution is 2.17. The Morgan fingerprint density at radius 3 is 2.36 bits per heavy atom. The van der Waals surface area contributed by atoms with E-state index in [1.807, 2.05) is 43.3 Å². The van der Waals surface area contributed by atoms with Gasteiger partial charge >= 0.3 is 0 Å². The highest BCUT2D eigenvalue weighted by Gasteiger charge is 2.11. The normalized spacial score (nSPS) is 11.8. The van der Waals surface area contributed by atoms with Crippen LogP contribution >= 0.6 is 11.6 Å². The summed E-state index contributed by atoms with van der Waals surface area (Å²) in [5, 5.41) is 3.61. The molecule has 0 aliphatic carbocycles. The summed E-state index contributed by atoms with van der Waals surface area (Å²) in [5.41, 5.74) is 2.41. The third kappa shape index (κ3) is 4.39. The number of nitrogens with one attached hydrogen (secondary N) is 1. The number of hydrogen-bond donors (Lipinski definition) is 1. The van der Waals surface area contributed by atoms with Crippen molar-refractivity contribution in [2.75, 3.05) is 6.54 Å². The average Bonchev–Trinajstić information content (AvgIpc) is 2.67. The van der Waals surface area contributed by atoms with E-state index in [4.69, 9.17) is 11.6 Å². The third-order valence-electron chi connectivity index (χ3n) is 3.86. The van der Waals surface area contributed by atoms with Gasteiger partial charge in [-0.25, -0.2) is 9.97 Å². The van der Waals surface area contributed by atoms with E-state index in [1.54, 1.807) is 12.4 Å². The molecule has 3 aromatic rings. The molecular weight excluding hydrogens is 336 g/mol. The van der Waals surface area contributed by atoms with Gasteiger partial charge in [0.15, 0.2) is 5.82 Å². The molecule has 2 aromatic heterocycles. The van der Waals surface area contributed by atoms with Gasteiger partial charge in [0, 0.05) is 41.9 Å². The summed E-state index contributed by atoms with van der Waals surface area (Å²) >= 11 is 5.89. The predicted molar refractivity (Wildman–Crippen MR) is 97.5 cm³/mol. The van der Waals surface area contributed by atoms with Gasteiger partial charge in [-0.1, -0.05) is 30.7 Å². The SMILES string of the molecule is C[C@H](CNC(=O)c1cnc(-c2ccncc2)nc1)c1ccc(Cl)cc1. The minimum atomic E-state index is -0.193. The molecule has 0 aliphatic rings. The van der Waals surface area contributed by atoms with Crippen LogP contribution in [0.1, 0.15) is 28.8 Å². The fraction of sp³-hybridized carbons (Fsp3) is 0.158. The highest BCUT2D eigenvalue weighted by atomic mass is 35.5. The fourth-order valence-electron chi connectivity index (χ4n) is 2.35. The lowest BCUT2D eigenvalue weighted by Crippen LogP contribution is -2.27.